The summed E-state index contributed by atoms with van der Waals surface area (Å²) in [5, 5.41) is 8.57. The molecule has 8 heteroatoms. The molecule has 0 fully saturated rings. The molecular formula is C24H21ClIN3O3. The van der Waals surface area contributed by atoms with E-state index in [1.165, 1.54) is 10.2 Å². The second kappa shape index (κ2) is 12.7. The topological polar surface area (TPSA) is 63.5 Å². The lowest BCUT2D eigenvalue weighted by molar-refractivity contribution is -0.117. The van der Waals surface area contributed by atoms with Crippen LogP contribution >= 0.6 is 34.5 Å². The highest BCUT2D eigenvalue weighted by Gasteiger charge is 2.21. The summed E-state index contributed by atoms with van der Waals surface area (Å²) < 4.78 is 1.40. The maximum atomic E-state index is 12.5. The van der Waals surface area contributed by atoms with E-state index in [9.17, 15) is 4.79 Å². The van der Waals surface area contributed by atoms with Crippen molar-refractivity contribution in [2.75, 3.05) is 14.2 Å². The van der Waals surface area contributed by atoms with Crippen molar-refractivity contribution in [3.8, 4) is 23.7 Å². The summed E-state index contributed by atoms with van der Waals surface area (Å²) in [6.45, 7) is 3.63. The fraction of sp³-hybridized carbons (Fsp3) is 0.208. The third kappa shape index (κ3) is 7.30. The van der Waals surface area contributed by atoms with Gasteiger partial charge in [0.25, 0.3) is 5.91 Å². The number of hydrogen-bond acceptors (Lipinski definition) is 5. The van der Waals surface area contributed by atoms with Crippen molar-refractivity contribution in [2.45, 2.75) is 20.5 Å². The van der Waals surface area contributed by atoms with Gasteiger partial charge < -0.3 is 9.68 Å². The molecule has 0 heterocycles. The molecular weight excluding hydrogens is 541 g/mol. The molecule has 0 unspecified atom stereocenters. The lowest BCUT2D eigenvalue weighted by Crippen LogP contribution is -2.27. The monoisotopic (exact) mass is 561 g/mol. The second-order valence-corrected chi connectivity index (χ2v) is 8.21. The van der Waals surface area contributed by atoms with Crippen LogP contribution in [0.3, 0.4) is 0 Å². The first kappa shape index (κ1) is 25.3. The van der Waals surface area contributed by atoms with Crippen LogP contribution in [0, 0.1) is 23.7 Å². The van der Waals surface area contributed by atoms with E-state index >= 15 is 0 Å². The second-order valence-electron chi connectivity index (χ2n) is 6.33. The minimum Gasteiger partial charge on any atom is -0.398 e. The summed E-state index contributed by atoms with van der Waals surface area (Å²) in [5.41, 5.74) is 3.51. The lowest BCUT2D eigenvalue weighted by Gasteiger charge is -2.13. The van der Waals surface area contributed by atoms with Gasteiger partial charge in [-0.25, -0.2) is 0 Å². The molecule has 0 saturated heterocycles. The van der Waals surface area contributed by atoms with Crippen molar-refractivity contribution >= 4 is 51.8 Å². The van der Waals surface area contributed by atoms with Crippen molar-refractivity contribution in [3.63, 3.8) is 0 Å². The van der Waals surface area contributed by atoms with Gasteiger partial charge in [0.2, 0.25) is 0 Å². The number of benzene rings is 2. The smallest absolute Gasteiger partial charge is 0.284 e. The van der Waals surface area contributed by atoms with E-state index in [1.54, 1.807) is 39.1 Å². The molecule has 164 valence electrons. The van der Waals surface area contributed by atoms with Crippen LogP contribution in [0.25, 0.3) is 0 Å². The summed E-state index contributed by atoms with van der Waals surface area (Å²) in [4.78, 5) is 22.8. The molecule has 0 aliphatic carbocycles. The predicted octanol–water partition coefficient (Wildman–Crippen LogP) is 4.81. The summed E-state index contributed by atoms with van der Waals surface area (Å²) in [5.74, 6) is 11.5. The van der Waals surface area contributed by atoms with E-state index in [0.717, 1.165) is 16.7 Å². The van der Waals surface area contributed by atoms with Crippen molar-refractivity contribution in [1.82, 2.24) is 3.11 Å². The Morgan fingerprint density at radius 2 is 1.91 bits per heavy atom. The normalized spacial score (nSPS) is 10.9. The third-order valence-electron chi connectivity index (χ3n) is 3.98. The number of carbonyl (C=O) groups excluding carboxylic acids is 1. The Labute approximate surface area is 207 Å². The molecule has 0 spiro atoms. The first-order valence-corrected chi connectivity index (χ1v) is 10.8. The molecule has 2 aromatic carbocycles. The molecule has 0 aromatic heterocycles. The molecule has 0 aliphatic rings. The molecule has 0 N–H and O–H groups in total. The fourth-order valence-corrected chi connectivity index (χ4v) is 2.96. The predicted molar refractivity (Wildman–Crippen MR) is 136 cm³/mol. The van der Waals surface area contributed by atoms with Gasteiger partial charge in [0, 0.05) is 34.3 Å². The summed E-state index contributed by atoms with van der Waals surface area (Å²) in [6, 6.07) is 12.6. The van der Waals surface area contributed by atoms with Gasteiger partial charge in [0.1, 0.15) is 19.4 Å². The van der Waals surface area contributed by atoms with Crippen LogP contribution in [-0.2, 0) is 21.1 Å². The first-order chi connectivity index (χ1) is 15.4. The molecule has 1 amide bonds. The Balaban J connectivity index is 2.20. The Hall–Kier alpha value is -3.01. The molecule has 6 nitrogen and oxygen atoms in total. The largest absolute Gasteiger partial charge is 0.398 e. The molecule has 0 aliphatic heterocycles. The van der Waals surface area contributed by atoms with Gasteiger partial charge in [-0.15, -0.1) is 5.92 Å². The molecule has 2 rings (SSSR count). The quantitative estimate of drug-likeness (QED) is 0.167. The van der Waals surface area contributed by atoms with Gasteiger partial charge >= 0.3 is 0 Å². The van der Waals surface area contributed by atoms with Gasteiger partial charge in [-0.2, -0.15) is 0 Å². The van der Waals surface area contributed by atoms with Gasteiger partial charge in [0.15, 0.2) is 5.71 Å². The van der Waals surface area contributed by atoms with Crippen LogP contribution in [-0.4, -0.2) is 34.6 Å². The average molecular weight is 562 g/mol. The van der Waals surface area contributed by atoms with Crippen LogP contribution in [0.5, 0.6) is 0 Å². The Morgan fingerprint density at radius 1 is 1.16 bits per heavy atom. The summed E-state index contributed by atoms with van der Waals surface area (Å²) in [7, 11) is 3.03. The zero-order valence-corrected chi connectivity index (χ0v) is 21.0. The minimum atomic E-state index is -0.292. The standard InChI is InChI=1S/C24H21ClIN3O3/c1-5-8-19-15-21(25)14-13-18(19)12-11-17(2)27-32-16-20-9-6-7-10-22(20)23(28-31-4)24(30)29(3)26/h6-7,9-10,13-15H,16H2,1-4H3/b27-17+,28-23+. The molecule has 0 bridgehead atoms. The summed E-state index contributed by atoms with van der Waals surface area (Å²) >= 11 is 7.92. The van der Waals surface area contributed by atoms with Crippen molar-refractivity contribution in [2.24, 2.45) is 10.3 Å². The number of nitrogens with zero attached hydrogens (tertiary/aromatic N) is 3. The number of hydrogen-bond donors (Lipinski definition) is 0. The Morgan fingerprint density at radius 3 is 2.59 bits per heavy atom. The zero-order chi connectivity index (χ0) is 23.5. The highest BCUT2D eigenvalue weighted by molar-refractivity contribution is 14.1. The van der Waals surface area contributed by atoms with Crippen molar-refractivity contribution < 1.29 is 14.5 Å². The van der Waals surface area contributed by atoms with Gasteiger partial charge in [-0.05, 0) is 38.0 Å². The van der Waals surface area contributed by atoms with Crippen molar-refractivity contribution in [1.29, 1.82) is 0 Å². The van der Waals surface area contributed by atoms with Crippen LogP contribution < -0.4 is 0 Å². The molecule has 2 aromatic rings. The maximum Gasteiger partial charge on any atom is 0.284 e. The van der Waals surface area contributed by atoms with Gasteiger partial charge in [0.05, 0.1) is 22.9 Å². The highest BCUT2D eigenvalue weighted by Crippen LogP contribution is 2.16. The van der Waals surface area contributed by atoms with Crippen LogP contribution in [0.1, 0.15) is 36.1 Å². The van der Waals surface area contributed by atoms with E-state index in [2.05, 4.69) is 34.0 Å². The number of amides is 1. The Bertz CT molecular complexity index is 1170. The third-order valence-corrected chi connectivity index (χ3v) is 4.65. The lowest BCUT2D eigenvalue weighted by atomic mass is 10.0. The van der Waals surface area contributed by atoms with E-state index in [1.807, 2.05) is 47.1 Å². The van der Waals surface area contributed by atoms with E-state index in [0.29, 0.717) is 16.3 Å². The van der Waals surface area contributed by atoms with Gasteiger partial charge in [-0.3, -0.25) is 7.91 Å². The summed E-state index contributed by atoms with van der Waals surface area (Å²) in [6.07, 6.45) is 0. The number of likely N-dealkylation sites (N-methyl/N-ethyl adjacent to an activating group) is 1. The van der Waals surface area contributed by atoms with Crippen molar-refractivity contribution in [3.05, 3.63) is 69.7 Å². The maximum absolute atomic E-state index is 12.5. The molecule has 0 radical (unpaired) electrons. The zero-order valence-electron chi connectivity index (χ0n) is 18.1. The first-order valence-electron chi connectivity index (χ1n) is 9.41. The number of rotatable bonds is 6. The number of carbonyl (C=O) groups is 1. The fourth-order valence-electron chi connectivity index (χ4n) is 2.56. The van der Waals surface area contributed by atoms with E-state index in [-0.39, 0.29) is 18.2 Å². The number of halogens is 2. The Kier molecular flexibility index (Phi) is 10.1. The SMILES string of the molecule is CC#Cc1cc(Cl)ccc1C#C/C(C)=N/OCc1ccccc1/C(=N\OC)C(=O)N(C)I. The molecule has 32 heavy (non-hydrogen) atoms. The molecule has 0 saturated carbocycles. The number of oxime groups is 2. The van der Waals surface area contributed by atoms with E-state index in [4.69, 9.17) is 21.3 Å². The average Bonchev–Trinajstić information content (AvgIpc) is 2.77. The van der Waals surface area contributed by atoms with Crippen LogP contribution in [0.15, 0.2) is 52.8 Å². The van der Waals surface area contributed by atoms with E-state index < -0.39 is 0 Å². The molecule has 0 atom stereocenters. The van der Waals surface area contributed by atoms with Crippen LogP contribution in [0.4, 0.5) is 0 Å². The highest BCUT2D eigenvalue weighted by atomic mass is 127. The minimum absolute atomic E-state index is 0.129. The van der Waals surface area contributed by atoms with Crippen LogP contribution in [0.2, 0.25) is 5.02 Å². The van der Waals surface area contributed by atoms with Gasteiger partial charge in [-0.1, -0.05) is 58.0 Å².